The van der Waals surface area contributed by atoms with Crippen LogP contribution in [0.4, 0.5) is 5.69 Å². The van der Waals surface area contributed by atoms with Crippen molar-refractivity contribution in [2.24, 2.45) is 0 Å². The fraction of sp³-hybridized carbons (Fsp3) is 0.308. The van der Waals surface area contributed by atoms with Gasteiger partial charge in [0, 0.05) is 14.1 Å². The van der Waals surface area contributed by atoms with Crippen LogP contribution in [0.5, 0.6) is 0 Å². The summed E-state index contributed by atoms with van der Waals surface area (Å²) in [5, 5.41) is 3.56. The largest absolute Gasteiger partial charge is 0.377 e. The van der Waals surface area contributed by atoms with Crippen molar-refractivity contribution in [3.05, 3.63) is 43.4 Å². The van der Waals surface area contributed by atoms with Gasteiger partial charge in [-0.15, -0.1) is 11.3 Å². The zero-order chi connectivity index (χ0) is 12.4. The van der Waals surface area contributed by atoms with E-state index in [-0.39, 0.29) is 0 Å². The van der Waals surface area contributed by atoms with Crippen molar-refractivity contribution >= 4 is 39.6 Å². The molecule has 0 aliphatic carbocycles. The maximum absolute atomic E-state index is 4.30. The average molecular weight is 358 g/mol. The van der Waals surface area contributed by atoms with E-state index in [1.165, 1.54) is 19.7 Å². The summed E-state index contributed by atoms with van der Waals surface area (Å²) in [5.41, 5.74) is 5.51. The first-order valence-electron chi connectivity index (χ1n) is 5.50. The lowest BCUT2D eigenvalue weighted by Gasteiger charge is -2.16. The molecule has 0 saturated carbocycles. The zero-order valence-corrected chi connectivity index (χ0v) is 13.1. The van der Waals surface area contributed by atoms with Gasteiger partial charge in [-0.25, -0.2) is 4.98 Å². The minimum Gasteiger partial charge on any atom is -0.377 e. The van der Waals surface area contributed by atoms with Crippen molar-refractivity contribution in [2.45, 2.75) is 26.8 Å². The van der Waals surface area contributed by atoms with Gasteiger partial charge in [0.2, 0.25) is 0 Å². The summed E-state index contributed by atoms with van der Waals surface area (Å²) >= 11 is 4.05. The summed E-state index contributed by atoms with van der Waals surface area (Å²) in [6.07, 6.45) is 0. The van der Waals surface area contributed by atoms with Gasteiger partial charge in [-0.2, -0.15) is 0 Å². The number of nitrogens with one attached hydrogen (secondary N) is 1. The molecule has 90 valence electrons. The van der Waals surface area contributed by atoms with Crippen LogP contribution in [0.15, 0.2) is 23.7 Å². The summed E-state index contributed by atoms with van der Waals surface area (Å²) in [6, 6.07) is 6.77. The standard InChI is InChI=1S/C13H15IN2S/c1-8-4-5-11(14)6-12(8)16-10(3)13-9(2)15-7-17-13/h4-7,10,16H,1-3H3. The van der Waals surface area contributed by atoms with Gasteiger partial charge in [0.05, 0.1) is 17.2 Å². The van der Waals surface area contributed by atoms with Gasteiger partial charge in [0.1, 0.15) is 0 Å². The van der Waals surface area contributed by atoms with Crippen molar-refractivity contribution in [1.29, 1.82) is 0 Å². The number of aromatic nitrogens is 1. The number of hydrogen-bond donors (Lipinski definition) is 1. The number of aryl methyl sites for hydroxylation is 2. The molecule has 2 nitrogen and oxygen atoms in total. The Morgan fingerprint density at radius 2 is 2.12 bits per heavy atom. The third-order valence-corrected chi connectivity index (χ3v) is 4.53. The number of anilines is 1. The number of hydrogen-bond acceptors (Lipinski definition) is 3. The summed E-state index contributed by atoms with van der Waals surface area (Å²) in [5.74, 6) is 0. The molecule has 1 N–H and O–H groups in total. The van der Waals surface area contributed by atoms with Crippen LogP contribution >= 0.6 is 33.9 Å². The third kappa shape index (κ3) is 2.98. The first-order valence-corrected chi connectivity index (χ1v) is 7.46. The van der Waals surface area contributed by atoms with Gasteiger partial charge in [-0.3, -0.25) is 0 Å². The molecule has 0 fully saturated rings. The van der Waals surface area contributed by atoms with E-state index in [0.717, 1.165) is 5.69 Å². The highest BCUT2D eigenvalue weighted by Crippen LogP contribution is 2.27. The summed E-state index contributed by atoms with van der Waals surface area (Å²) in [7, 11) is 0. The van der Waals surface area contributed by atoms with Gasteiger partial charge >= 0.3 is 0 Å². The van der Waals surface area contributed by atoms with Gasteiger partial charge < -0.3 is 5.32 Å². The Bertz CT molecular complexity index is 522. The smallest absolute Gasteiger partial charge is 0.0798 e. The van der Waals surface area contributed by atoms with Gasteiger partial charge in [-0.1, -0.05) is 6.07 Å². The molecule has 17 heavy (non-hydrogen) atoms. The predicted molar refractivity (Wildman–Crippen MR) is 82.8 cm³/mol. The highest BCUT2D eigenvalue weighted by Gasteiger charge is 2.11. The molecule has 1 aromatic heterocycles. The lowest BCUT2D eigenvalue weighted by molar-refractivity contribution is 0.888. The van der Waals surface area contributed by atoms with Crippen molar-refractivity contribution in [2.75, 3.05) is 5.32 Å². The van der Waals surface area contributed by atoms with Crippen LogP contribution in [0.2, 0.25) is 0 Å². The Kier molecular flexibility index (Phi) is 4.04. The van der Waals surface area contributed by atoms with E-state index >= 15 is 0 Å². The van der Waals surface area contributed by atoms with E-state index in [4.69, 9.17) is 0 Å². The minimum absolute atomic E-state index is 0.305. The van der Waals surface area contributed by atoms with Gasteiger partial charge in [0.15, 0.2) is 0 Å². The molecule has 0 aliphatic heterocycles. The lowest BCUT2D eigenvalue weighted by Crippen LogP contribution is -2.07. The molecule has 1 aromatic carbocycles. The molecular weight excluding hydrogens is 343 g/mol. The molecule has 4 heteroatoms. The quantitative estimate of drug-likeness (QED) is 0.815. The maximum atomic E-state index is 4.30. The molecule has 0 amide bonds. The van der Waals surface area contributed by atoms with Crippen LogP contribution in [0.1, 0.15) is 29.1 Å². The van der Waals surface area contributed by atoms with Crippen LogP contribution in [0.25, 0.3) is 0 Å². The Morgan fingerprint density at radius 3 is 2.76 bits per heavy atom. The fourth-order valence-electron chi connectivity index (χ4n) is 1.78. The van der Waals surface area contributed by atoms with Crippen molar-refractivity contribution in [3.8, 4) is 0 Å². The van der Waals surface area contributed by atoms with Crippen molar-refractivity contribution < 1.29 is 0 Å². The second kappa shape index (κ2) is 5.35. The zero-order valence-electron chi connectivity index (χ0n) is 10.1. The fourth-order valence-corrected chi connectivity index (χ4v) is 3.08. The van der Waals surface area contributed by atoms with E-state index < -0.39 is 0 Å². The highest BCUT2D eigenvalue weighted by molar-refractivity contribution is 14.1. The van der Waals surface area contributed by atoms with E-state index in [2.05, 4.69) is 71.9 Å². The molecule has 1 unspecified atom stereocenters. The first kappa shape index (κ1) is 12.8. The summed E-state index contributed by atoms with van der Waals surface area (Å²) in [6.45, 7) is 6.37. The minimum atomic E-state index is 0.305. The Labute approximate surface area is 120 Å². The van der Waals surface area contributed by atoms with E-state index in [9.17, 15) is 0 Å². The van der Waals surface area contributed by atoms with Gasteiger partial charge in [0.25, 0.3) is 0 Å². The van der Waals surface area contributed by atoms with Crippen molar-refractivity contribution in [1.82, 2.24) is 4.98 Å². The second-order valence-corrected chi connectivity index (χ2v) is 6.26. The molecule has 0 bridgehead atoms. The Balaban J connectivity index is 2.21. The Morgan fingerprint density at radius 1 is 1.35 bits per heavy atom. The molecular formula is C13H15IN2S. The second-order valence-electron chi connectivity index (χ2n) is 4.13. The first-order chi connectivity index (χ1) is 8.08. The van der Waals surface area contributed by atoms with E-state index in [1.807, 2.05) is 5.51 Å². The van der Waals surface area contributed by atoms with Crippen LogP contribution in [-0.2, 0) is 0 Å². The molecule has 1 atom stereocenters. The topological polar surface area (TPSA) is 24.9 Å². The molecule has 2 rings (SSSR count). The maximum Gasteiger partial charge on any atom is 0.0798 e. The highest BCUT2D eigenvalue weighted by atomic mass is 127. The summed E-state index contributed by atoms with van der Waals surface area (Å²) < 4.78 is 1.25. The monoisotopic (exact) mass is 358 g/mol. The van der Waals surface area contributed by atoms with Crippen LogP contribution in [-0.4, -0.2) is 4.98 Å². The van der Waals surface area contributed by atoms with Gasteiger partial charge in [-0.05, 0) is 61.1 Å². The third-order valence-electron chi connectivity index (χ3n) is 2.75. The average Bonchev–Trinajstić information content (AvgIpc) is 2.70. The van der Waals surface area contributed by atoms with E-state index in [1.54, 1.807) is 11.3 Å². The summed E-state index contributed by atoms with van der Waals surface area (Å²) in [4.78, 5) is 5.60. The number of halogens is 1. The molecule has 2 aromatic rings. The van der Waals surface area contributed by atoms with E-state index in [0.29, 0.717) is 6.04 Å². The number of thiazole rings is 1. The van der Waals surface area contributed by atoms with Crippen LogP contribution < -0.4 is 5.32 Å². The molecule has 1 heterocycles. The molecule has 0 radical (unpaired) electrons. The molecule has 0 spiro atoms. The van der Waals surface area contributed by atoms with Crippen LogP contribution in [0, 0.1) is 17.4 Å². The molecule has 0 aliphatic rings. The normalized spacial score (nSPS) is 12.5. The number of nitrogens with zero attached hydrogens (tertiary/aromatic N) is 1. The predicted octanol–water partition coefficient (Wildman–Crippen LogP) is 4.54. The van der Waals surface area contributed by atoms with Crippen LogP contribution in [0.3, 0.4) is 0 Å². The molecule has 0 saturated heterocycles. The number of rotatable bonds is 3. The SMILES string of the molecule is Cc1ccc(I)cc1NC(C)c1scnc1C. The number of benzene rings is 1. The Hall–Kier alpha value is -0.620. The van der Waals surface area contributed by atoms with Crippen molar-refractivity contribution in [3.63, 3.8) is 0 Å². The lowest BCUT2D eigenvalue weighted by atomic mass is 10.1.